The van der Waals surface area contributed by atoms with Gasteiger partial charge in [0.1, 0.15) is 0 Å². The maximum absolute atomic E-state index is 11.9. The van der Waals surface area contributed by atoms with Crippen LogP contribution in [0, 0.1) is 5.92 Å². The zero-order valence-electron chi connectivity index (χ0n) is 11.7. The SMILES string of the molecule is CC(C)C(CO)NC(=O)[C@@H](N)Cc1ccc(O)c(O)c1. The van der Waals surface area contributed by atoms with Crippen molar-refractivity contribution in [2.45, 2.75) is 32.4 Å². The molecule has 6 heteroatoms. The van der Waals surface area contributed by atoms with Crippen LogP contribution in [0.3, 0.4) is 0 Å². The lowest BCUT2D eigenvalue weighted by Gasteiger charge is -2.22. The third-order valence-corrected chi connectivity index (χ3v) is 3.16. The Balaban J connectivity index is 2.63. The number of carbonyl (C=O) groups is 1. The van der Waals surface area contributed by atoms with Crippen LogP contribution in [0.25, 0.3) is 0 Å². The molecule has 0 aliphatic rings. The number of aliphatic hydroxyl groups is 1. The van der Waals surface area contributed by atoms with E-state index in [4.69, 9.17) is 10.8 Å². The summed E-state index contributed by atoms with van der Waals surface area (Å²) < 4.78 is 0. The summed E-state index contributed by atoms with van der Waals surface area (Å²) in [7, 11) is 0. The van der Waals surface area contributed by atoms with E-state index in [0.29, 0.717) is 5.56 Å². The van der Waals surface area contributed by atoms with Crippen LogP contribution in [0.2, 0.25) is 0 Å². The predicted molar refractivity (Wildman–Crippen MR) is 75.3 cm³/mol. The third kappa shape index (κ3) is 4.40. The summed E-state index contributed by atoms with van der Waals surface area (Å²) in [6, 6.07) is 3.19. The average molecular weight is 282 g/mol. The normalized spacial score (nSPS) is 14.1. The topological polar surface area (TPSA) is 116 Å². The number of rotatable bonds is 6. The second kappa shape index (κ2) is 7.12. The molecule has 1 rings (SSSR count). The van der Waals surface area contributed by atoms with Gasteiger partial charge in [0.05, 0.1) is 18.7 Å². The number of carbonyl (C=O) groups excluding carboxylic acids is 1. The number of amides is 1. The molecule has 0 fully saturated rings. The molecule has 6 N–H and O–H groups in total. The molecular weight excluding hydrogens is 260 g/mol. The maximum Gasteiger partial charge on any atom is 0.237 e. The van der Waals surface area contributed by atoms with Crippen molar-refractivity contribution >= 4 is 5.91 Å². The van der Waals surface area contributed by atoms with E-state index in [0.717, 1.165) is 0 Å². The molecule has 0 bridgehead atoms. The third-order valence-electron chi connectivity index (χ3n) is 3.16. The van der Waals surface area contributed by atoms with Gasteiger partial charge in [0, 0.05) is 0 Å². The van der Waals surface area contributed by atoms with Gasteiger partial charge in [-0.1, -0.05) is 19.9 Å². The Morgan fingerprint density at radius 3 is 2.45 bits per heavy atom. The number of aromatic hydroxyl groups is 2. The minimum absolute atomic E-state index is 0.105. The Morgan fingerprint density at radius 2 is 1.95 bits per heavy atom. The van der Waals surface area contributed by atoms with Crippen molar-refractivity contribution in [3.63, 3.8) is 0 Å². The number of phenolic OH excluding ortho intramolecular Hbond substituents is 2. The van der Waals surface area contributed by atoms with E-state index in [1.807, 2.05) is 13.8 Å². The van der Waals surface area contributed by atoms with Gasteiger partial charge in [0.2, 0.25) is 5.91 Å². The first kappa shape index (κ1) is 16.3. The first-order valence-corrected chi connectivity index (χ1v) is 6.52. The van der Waals surface area contributed by atoms with Crippen LogP contribution in [-0.2, 0) is 11.2 Å². The van der Waals surface area contributed by atoms with E-state index < -0.39 is 6.04 Å². The van der Waals surface area contributed by atoms with Crippen molar-refractivity contribution in [2.24, 2.45) is 11.7 Å². The highest BCUT2D eigenvalue weighted by Gasteiger charge is 2.20. The Kier molecular flexibility index (Phi) is 5.79. The van der Waals surface area contributed by atoms with Gasteiger partial charge in [0.15, 0.2) is 11.5 Å². The van der Waals surface area contributed by atoms with Crippen LogP contribution < -0.4 is 11.1 Å². The lowest BCUT2D eigenvalue weighted by Crippen LogP contribution is -2.49. The van der Waals surface area contributed by atoms with Gasteiger partial charge in [-0.05, 0) is 30.0 Å². The number of hydrogen-bond acceptors (Lipinski definition) is 5. The standard InChI is InChI=1S/C14H22N2O4/c1-8(2)11(7-17)16-14(20)10(15)5-9-3-4-12(18)13(19)6-9/h3-4,6,8,10-11,17-19H,5,7,15H2,1-2H3,(H,16,20)/t10-,11?/m0/s1. The van der Waals surface area contributed by atoms with E-state index in [1.165, 1.54) is 12.1 Å². The molecule has 0 saturated heterocycles. The molecule has 0 aliphatic carbocycles. The second-order valence-corrected chi connectivity index (χ2v) is 5.18. The molecule has 6 nitrogen and oxygen atoms in total. The highest BCUT2D eigenvalue weighted by atomic mass is 16.3. The molecule has 0 radical (unpaired) electrons. The fourth-order valence-electron chi connectivity index (χ4n) is 1.76. The van der Waals surface area contributed by atoms with Crippen molar-refractivity contribution in [1.82, 2.24) is 5.32 Å². The van der Waals surface area contributed by atoms with Gasteiger partial charge < -0.3 is 26.4 Å². The van der Waals surface area contributed by atoms with Gasteiger partial charge in [-0.25, -0.2) is 0 Å². The summed E-state index contributed by atoms with van der Waals surface area (Å²) in [5, 5.41) is 30.4. The van der Waals surface area contributed by atoms with Crippen molar-refractivity contribution in [2.75, 3.05) is 6.61 Å². The van der Waals surface area contributed by atoms with Crippen LogP contribution >= 0.6 is 0 Å². The van der Waals surface area contributed by atoms with Crippen LogP contribution in [0.1, 0.15) is 19.4 Å². The summed E-state index contributed by atoms with van der Waals surface area (Å²) in [5.74, 6) is -0.711. The van der Waals surface area contributed by atoms with Crippen LogP contribution in [-0.4, -0.2) is 39.9 Å². The average Bonchev–Trinajstić information content (AvgIpc) is 2.39. The van der Waals surface area contributed by atoms with Gasteiger partial charge in [-0.3, -0.25) is 4.79 Å². The molecule has 0 spiro atoms. The van der Waals surface area contributed by atoms with E-state index in [1.54, 1.807) is 6.07 Å². The molecular formula is C14H22N2O4. The van der Waals surface area contributed by atoms with Gasteiger partial charge in [-0.2, -0.15) is 0 Å². The number of hydrogen-bond donors (Lipinski definition) is 5. The minimum Gasteiger partial charge on any atom is -0.504 e. The van der Waals surface area contributed by atoms with E-state index in [9.17, 15) is 15.0 Å². The van der Waals surface area contributed by atoms with Gasteiger partial charge in [0.25, 0.3) is 0 Å². The predicted octanol–water partition coefficient (Wildman–Crippen LogP) is 0.101. The number of nitrogens with two attached hydrogens (primary N) is 1. The summed E-state index contributed by atoms with van der Waals surface area (Å²) in [6.45, 7) is 3.64. The molecule has 0 aliphatic heterocycles. The molecule has 0 heterocycles. The molecule has 20 heavy (non-hydrogen) atoms. The number of aliphatic hydroxyl groups excluding tert-OH is 1. The summed E-state index contributed by atoms with van der Waals surface area (Å²) in [4.78, 5) is 11.9. The van der Waals surface area contributed by atoms with E-state index in [-0.39, 0.29) is 42.4 Å². The molecule has 1 aromatic rings. The molecule has 0 aromatic heterocycles. The Hall–Kier alpha value is -1.79. The van der Waals surface area contributed by atoms with Crippen LogP contribution in [0.15, 0.2) is 18.2 Å². The van der Waals surface area contributed by atoms with Crippen molar-refractivity contribution in [3.8, 4) is 11.5 Å². The quantitative estimate of drug-likeness (QED) is 0.475. The fourth-order valence-corrected chi connectivity index (χ4v) is 1.76. The Morgan fingerprint density at radius 1 is 1.30 bits per heavy atom. The monoisotopic (exact) mass is 282 g/mol. The summed E-state index contributed by atoms with van der Waals surface area (Å²) in [5.41, 5.74) is 6.45. The molecule has 112 valence electrons. The zero-order chi connectivity index (χ0) is 15.3. The number of benzene rings is 1. The first-order valence-electron chi connectivity index (χ1n) is 6.52. The molecule has 1 amide bonds. The van der Waals surface area contributed by atoms with E-state index >= 15 is 0 Å². The van der Waals surface area contributed by atoms with Crippen molar-refractivity contribution in [3.05, 3.63) is 23.8 Å². The van der Waals surface area contributed by atoms with Crippen molar-refractivity contribution in [1.29, 1.82) is 0 Å². The fraction of sp³-hybridized carbons (Fsp3) is 0.500. The lowest BCUT2D eigenvalue weighted by atomic mass is 10.0. The second-order valence-electron chi connectivity index (χ2n) is 5.18. The number of phenols is 2. The largest absolute Gasteiger partial charge is 0.504 e. The maximum atomic E-state index is 11.9. The summed E-state index contributed by atoms with van der Waals surface area (Å²) in [6.07, 6.45) is 0.232. The van der Waals surface area contributed by atoms with Gasteiger partial charge in [-0.15, -0.1) is 0 Å². The molecule has 1 unspecified atom stereocenters. The molecule has 2 atom stereocenters. The molecule has 0 saturated carbocycles. The first-order chi connectivity index (χ1) is 9.35. The zero-order valence-corrected chi connectivity index (χ0v) is 11.7. The summed E-state index contributed by atoms with van der Waals surface area (Å²) >= 11 is 0. The minimum atomic E-state index is -0.785. The molecule has 1 aromatic carbocycles. The number of nitrogens with one attached hydrogen (secondary N) is 1. The van der Waals surface area contributed by atoms with Crippen LogP contribution in [0.4, 0.5) is 0 Å². The lowest BCUT2D eigenvalue weighted by molar-refractivity contribution is -0.123. The van der Waals surface area contributed by atoms with Gasteiger partial charge >= 0.3 is 0 Å². The van der Waals surface area contributed by atoms with E-state index in [2.05, 4.69) is 5.32 Å². The Bertz CT molecular complexity index is 462. The smallest absolute Gasteiger partial charge is 0.237 e. The van der Waals surface area contributed by atoms with Crippen molar-refractivity contribution < 1.29 is 20.1 Å². The van der Waals surface area contributed by atoms with Crippen LogP contribution in [0.5, 0.6) is 11.5 Å². The highest BCUT2D eigenvalue weighted by Crippen LogP contribution is 2.25. The highest BCUT2D eigenvalue weighted by molar-refractivity contribution is 5.82. The Labute approximate surface area is 118 Å².